The Bertz CT molecular complexity index is 1050. The van der Waals surface area contributed by atoms with Crippen molar-refractivity contribution >= 4 is 51.8 Å². The third-order valence-corrected chi connectivity index (χ3v) is 4.81. The zero-order valence-corrected chi connectivity index (χ0v) is 14.7. The van der Waals surface area contributed by atoms with Crippen LogP contribution in [0, 0.1) is 0 Å². The second-order valence-electron chi connectivity index (χ2n) is 5.56. The Morgan fingerprint density at radius 3 is 2.93 bits per heavy atom. The zero-order chi connectivity index (χ0) is 18.8. The third kappa shape index (κ3) is 3.43. The van der Waals surface area contributed by atoms with Gasteiger partial charge >= 0.3 is 12.1 Å². The number of hydrogen-bond acceptors (Lipinski definition) is 9. The number of cyclic esters (lactones) is 1. The Kier molecular flexibility index (Phi) is 4.63. The van der Waals surface area contributed by atoms with E-state index in [9.17, 15) is 14.4 Å². The Balaban J connectivity index is 1.39. The SMILES string of the molecule is O=C(CSc1ncnc2c1oc1ccccc12)OCC(=O)N1CCOC1=O. The van der Waals surface area contributed by atoms with Crippen LogP contribution in [0.4, 0.5) is 4.79 Å². The molecule has 9 nitrogen and oxygen atoms in total. The number of hydrogen-bond donors (Lipinski definition) is 0. The number of carbonyl (C=O) groups is 3. The Morgan fingerprint density at radius 2 is 2.11 bits per heavy atom. The van der Waals surface area contributed by atoms with Crippen LogP contribution >= 0.6 is 11.8 Å². The Hall–Kier alpha value is -3.14. The summed E-state index contributed by atoms with van der Waals surface area (Å²) < 4.78 is 15.4. The van der Waals surface area contributed by atoms with Gasteiger partial charge in [0.25, 0.3) is 5.91 Å². The van der Waals surface area contributed by atoms with Crippen molar-refractivity contribution in [1.82, 2.24) is 14.9 Å². The molecular weight excluding hydrogens is 374 g/mol. The summed E-state index contributed by atoms with van der Waals surface area (Å²) in [6.07, 6.45) is 0.680. The van der Waals surface area contributed by atoms with Gasteiger partial charge in [0.2, 0.25) is 0 Å². The third-order valence-electron chi connectivity index (χ3n) is 3.87. The maximum absolute atomic E-state index is 11.9. The number of imide groups is 1. The summed E-state index contributed by atoms with van der Waals surface area (Å²) in [5.74, 6) is -1.29. The fraction of sp³-hybridized carbons (Fsp3) is 0.235. The molecule has 2 amide bonds. The minimum absolute atomic E-state index is 0.0686. The van der Waals surface area contributed by atoms with Gasteiger partial charge in [-0.15, -0.1) is 0 Å². The van der Waals surface area contributed by atoms with E-state index in [1.807, 2.05) is 24.3 Å². The fourth-order valence-corrected chi connectivity index (χ4v) is 3.34. The van der Waals surface area contributed by atoms with Gasteiger partial charge in [0.05, 0.1) is 12.3 Å². The maximum Gasteiger partial charge on any atom is 0.416 e. The van der Waals surface area contributed by atoms with Crippen LogP contribution in [0.5, 0.6) is 0 Å². The van der Waals surface area contributed by atoms with Gasteiger partial charge in [-0.3, -0.25) is 9.59 Å². The van der Waals surface area contributed by atoms with E-state index in [1.54, 1.807) is 0 Å². The van der Waals surface area contributed by atoms with Crippen LogP contribution in [0.15, 0.2) is 40.0 Å². The van der Waals surface area contributed by atoms with Gasteiger partial charge in [-0.25, -0.2) is 19.7 Å². The minimum atomic E-state index is -0.723. The highest BCUT2D eigenvalue weighted by atomic mass is 32.2. The number of para-hydroxylation sites is 1. The molecule has 1 aromatic carbocycles. The highest BCUT2D eigenvalue weighted by Crippen LogP contribution is 2.32. The summed E-state index contributed by atoms with van der Waals surface area (Å²) in [7, 11) is 0. The number of fused-ring (bicyclic) bond motifs is 3. The first kappa shape index (κ1) is 17.3. The molecule has 138 valence electrons. The maximum atomic E-state index is 11.9. The van der Waals surface area contributed by atoms with Crippen LogP contribution in [0.25, 0.3) is 22.1 Å². The lowest BCUT2D eigenvalue weighted by atomic mass is 10.2. The first-order valence-corrected chi connectivity index (χ1v) is 9.00. The van der Waals surface area contributed by atoms with Crippen molar-refractivity contribution in [3.8, 4) is 0 Å². The van der Waals surface area contributed by atoms with Crippen molar-refractivity contribution in [3.05, 3.63) is 30.6 Å². The van der Waals surface area contributed by atoms with E-state index in [0.29, 0.717) is 21.7 Å². The molecule has 27 heavy (non-hydrogen) atoms. The van der Waals surface area contributed by atoms with Crippen LogP contribution in [-0.2, 0) is 19.1 Å². The molecule has 3 aromatic rings. The molecule has 2 aromatic heterocycles. The molecule has 0 N–H and O–H groups in total. The summed E-state index contributed by atoms with van der Waals surface area (Å²) in [5, 5.41) is 1.37. The van der Waals surface area contributed by atoms with Gasteiger partial charge < -0.3 is 13.9 Å². The molecule has 1 fully saturated rings. The lowest BCUT2D eigenvalue weighted by Gasteiger charge is -2.10. The van der Waals surface area contributed by atoms with Crippen molar-refractivity contribution < 1.29 is 28.3 Å². The number of benzene rings is 1. The molecule has 0 aliphatic carbocycles. The molecule has 3 heterocycles. The Morgan fingerprint density at radius 1 is 1.26 bits per heavy atom. The molecule has 10 heteroatoms. The second-order valence-corrected chi connectivity index (χ2v) is 6.53. The highest BCUT2D eigenvalue weighted by Gasteiger charge is 2.29. The molecule has 1 aliphatic rings. The number of thioether (sulfide) groups is 1. The first-order chi connectivity index (χ1) is 13.1. The minimum Gasteiger partial charge on any atom is -0.455 e. The predicted molar refractivity (Wildman–Crippen MR) is 94.1 cm³/mol. The van der Waals surface area contributed by atoms with Crippen LogP contribution in [-0.4, -0.2) is 58.3 Å². The molecule has 0 atom stereocenters. The van der Waals surface area contributed by atoms with E-state index in [0.717, 1.165) is 22.0 Å². The van der Waals surface area contributed by atoms with Crippen LogP contribution in [0.2, 0.25) is 0 Å². The van der Waals surface area contributed by atoms with E-state index < -0.39 is 24.6 Å². The lowest BCUT2D eigenvalue weighted by Crippen LogP contribution is -2.35. The second kappa shape index (κ2) is 7.23. The summed E-state index contributed by atoms with van der Waals surface area (Å²) in [4.78, 5) is 44.3. The summed E-state index contributed by atoms with van der Waals surface area (Å²) in [6.45, 7) is -0.206. The van der Waals surface area contributed by atoms with Crippen LogP contribution in [0.3, 0.4) is 0 Å². The first-order valence-electron chi connectivity index (χ1n) is 8.01. The number of nitrogens with zero attached hydrogens (tertiary/aromatic N) is 3. The van der Waals surface area contributed by atoms with Gasteiger partial charge in [-0.05, 0) is 12.1 Å². The average molecular weight is 387 g/mol. The lowest BCUT2D eigenvalue weighted by molar-refractivity contribution is -0.148. The number of rotatable bonds is 5. The Labute approximate surface area is 156 Å². The monoisotopic (exact) mass is 387 g/mol. The number of ether oxygens (including phenoxy) is 2. The van der Waals surface area contributed by atoms with E-state index in [4.69, 9.17) is 9.15 Å². The molecule has 0 unspecified atom stereocenters. The molecule has 0 bridgehead atoms. The molecule has 4 rings (SSSR count). The van der Waals surface area contributed by atoms with Crippen molar-refractivity contribution in [1.29, 1.82) is 0 Å². The molecule has 1 saturated heterocycles. The molecule has 0 spiro atoms. The zero-order valence-electron chi connectivity index (χ0n) is 13.9. The summed E-state index contributed by atoms with van der Waals surface area (Å²) >= 11 is 1.12. The standard InChI is InChI=1S/C17H13N3O6S/c21-12(20-5-6-24-17(20)23)7-25-13(22)8-27-16-15-14(18-9-19-16)10-3-1-2-4-11(10)26-15/h1-4,9H,5-8H2. The largest absolute Gasteiger partial charge is 0.455 e. The van der Waals surface area contributed by atoms with Gasteiger partial charge in [-0.2, -0.15) is 0 Å². The molecule has 0 saturated carbocycles. The van der Waals surface area contributed by atoms with E-state index in [-0.39, 0.29) is 18.9 Å². The number of aromatic nitrogens is 2. The van der Waals surface area contributed by atoms with Crippen molar-refractivity contribution in [2.75, 3.05) is 25.5 Å². The van der Waals surface area contributed by atoms with Gasteiger partial charge in [0.1, 0.15) is 29.1 Å². The molecular formula is C17H13N3O6S. The summed E-state index contributed by atoms with van der Waals surface area (Å²) in [5.41, 5.74) is 1.84. The average Bonchev–Trinajstić information content (AvgIpc) is 3.28. The smallest absolute Gasteiger partial charge is 0.416 e. The van der Waals surface area contributed by atoms with Gasteiger partial charge in [-0.1, -0.05) is 23.9 Å². The number of furan rings is 1. The van der Waals surface area contributed by atoms with Crippen molar-refractivity contribution in [3.63, 3.8) is 0 Å². The quantitative estimate of drug-likeness (QED) is 0.368. The fourth-order valence-electron chi connectivity index (χ4n) is 2.61. The van der Waals surface area contributed by atoms with Crippen molar-refractivity contribution in [2.45, 2.75) is 5.03 Å². The number of esters is 1. The van der Waals surface area contributed by atoms with Crippen molar-refractivity contribution in [2.24, 2.45) is 0 Å². The number of amides is 2. The molecule has 0 radical (unpaired) electrons. The number of carbonyl (C=O) groups excluding carboxylic acids is 3. The van der Waals surface area contributed by atoms with E-state index in [2.05, 4.69) is 14.7 Å². The van der Waals surface area contributed by atoms with E-state index in [1.165, 1.54) is 6.33 Å². The van der Waals surface area contributed by atoms with Gasteiger partial charge in [0, 0.05) is 5.39 Å². The molecule has 1 aliphatic heterocycles. The normalized spacial score (nSPS) is 13.9. The van der Waals surface area contributed by atoms with E-state index >= 15 is 0 Å². The van der Waals surface area contributed by atoms with Crippen LogP contribution in [0.1, 0.15) is 0 Å². The van der Waals surface area contributed by atoms with Crippen LogP contribution < -0.4 is 0 Å². The highest BCUT2D eigenvalue weighted by molar-refractivity contribution is 8.00. The predicted octanol–water partition coefficient (Wildman–Crippen LogP) is 1.99. The van der Waals surface area contributed by atoms with Gasteiger partial charge in [0.15, 0.2) is 12.2 Å². The topological polar surface area (TPSA) is 112 Å². The summed E-state index contributed by atoms with van der Waals surface area (Å²) in [6, 6.07) is 7.47.